The minimum Gasteiger partial charge on any atom is -0.508 e. The molecular weight excluding hydrogens is 1150 g/mol. The smallest absolute Gasteiger partial charge is 0.377 e. The van der Waals surface area contributed by atoms with Crippen LogP contribution in [0.15, 0.2) is 141 Å². The number of hydrogen-bond donors (Lipinski definition) is 8. The molecule has 0 aliphatic carbocycles. The molecule has 1 aliphatic rings. The molecule has 1 fully saturated rings. The number of amides is 1. The average Bonchev–Trinajstić information content (AvgIpc) is 3.05. The molecule has 0 bridgehead atoms. The molecule has 4 heterocycles. The van der Waals surface area contributed by atoms with E-state index in [1.54, 1.807) is 6.92 Å². The second-order valence-electron chi connectivity index (χ2n) is 18.4. The lowest BCUT2D eigenvalue weighted by Gasteiger charge is -2.29. The zero-order valence-electron chi connectivity index (χ0n) is 45.0. The van der Waals surface area contributed by atoms with Crippen molar-refractivity contribution in [2.45, 2.75) is 25.8 Å². The van der Waals surface area contributed by atoms with E-state index < -0.39 is 44.1 Å². The van der Waals surface area contributed by atoms with Crippen molar-refractivity contribution >= 4 is 34.9 Å². The number of phenolic OH excluding ortho intramolecular Hbond substituents is 6. The summed E-state index contributed by atoms with van der Waals surface area (Å²) in [4.78, 5) is 68.1. The standard InChI is InChI=1S/C22H22N4O7.C18H14N2O8.C16H10N2O8/c1-25-8-6-13(7-9-25)23-22(29)20-12-17(24-33-20)21-18(28)10-15(27)11-19(21)32-16-4-2-14(3-5-16)26(30)31;1-2-26-18(23)16-9-13(19-28-16)17-14(22)7-11(21)8-15(17)27-12-5-3-10(4-6-12)20(24)25;19-9-5-12(20)15(11-7-14(16(21)22)26-17-11)13(6-9)25-10-3-1-8(2-4-10)18(23)24/h2-5,10-13,27-28H,6-9H2,1H3,(H,23,29);3-9,21-22H,2H2,1H3;1-7,19-20H,(H,21,22). The first-order valence-electron chi connectivity index (χ1n) is 25.3. The predicted octanol–water partition coefficient (Wildman–Crippen LogP) is 10.1. The molecule has 8 N–H and O–H groups in total. The number of aromatic carboxylic acids is 1. The normalized spacial score (nSPS) is 12.1. The summed E-state index contributed by atoms with van der Waals surface area (Å²) in [6, 6.07) is 26.2. The van der Waals surface area contributed by atoms with E-state index in [1.165, 1.54) is 103 Å². The number of carboxylic acids is 1. The Balaban J connectivity index is 0.000000171. The number of likely N-dealkylation sites (tertiary alicyclic amines) is 1. The van der Waals surface area contributed by atoms with Gasteiger partial charge in [0.2, 0.25) is 17.3 Å². The molecule has 0 atom stereocenters. The van der Waals surface area contributed by atoms with Crippen molar-refractivity contribution in [3.63, 3.8) is 0 Å². The monoisotopic (exact) mass is 1200 g/mol. The highest BCUT2D eigenvalue weighted by atomic mass is 16.6. The fourth-order valence-electron chi connectivity index (χ4n) is 8.16. The van der Waals surface area contributed by atoms with E-state index in [0.717, 1.165) is 50.2 Å². The second-order valence-corrected chi connectivity index (χ2v) is 18.4. The van der Waals surface area contributed by atoms with E-state index in [2.05, 4.69) is 30.2 Å². The molecule has 31 nitrogen and oxygen atoms in total. The number of carbonyl (C=O) groups is 3. The quantitative estimate of drug-likeness (QED) is 0.0238. The highest BCUT2D eigenvalue weighted by Crippen LogP contribution is 2.46. The van der Waals surface area contributed by atoms with Crippen LogP contribution in [-0.2, 0) is 4.74 Å². The molecule has 87 heavy (non-hydrogen) atoms. The third-order valence-electron chi connectivity index (χ3n) is 12.3. The van der Waals surface area contributed by atoms with Crippen LogP contribution in [0.3, 0.4) is 0 Å². The zero-order valence-corrected chi connectivity index (χ0v) is 45.0. The van der Waals surface area contributed by atoms with E-state index in [9.17, 15) is 75.4 Å². The molecule has 448 valence electrons. The summed E-state index contributed by atoms with van der Waals surface area (Å²) in [7, 11) is 2.03. The van der Waals surface area contributed by atoms with Crippen molar-refractivity contribution in [2.24, 2.45) is 0 Å². The third kappa shape index (κ3) is 15.2. The van der Waals surface area contributed by atoms with Crippen LogP contribution in [0.4, 0.5) is 17.1 Å². The van der Waals surface area contributed by atoms with E-state index >= 15 is 0 Å². The summed E-state index contributed by atoms with van der Waals surface area (Å²) < 4.78 is 36.5. The van der Waals surface area contributed by atoms with Gasteiger partial charge in [-0.05, 0) is 76.3 Å². The lowest BCUT2D eigenvalue weighted by atomic mass is 10.1. The first kappa shape index (κ1) is 60.8. The van der Waals surface area contributed by atoms with Gasteiger partial charge >= 0.3 is 11.9 Å². The SMILES string of the molecule is CCOC(=O)c1cc(-c2c(O)cc(O)cc2Oc2ccc([N+](=O)[O-])cc2)no1.CN1CCC(NC(=O)c2cc(-c3c(O)cc(O)cc3Oc3ccc([N+](=O)[O-])cc3)no2)CC1.O=C(O)c1cc(-c2c(O)cc(O)cc2Oc2ccc([N+](=O)[O-])cc2)no1. The van der Waals surface area contributed by atoms with Crippen molar-refractivity contribution in [3.8, 4) is 103 Å². The van der Waals surface area contributed by atoms with Gasteiger partial charge in [-0.25, -0.2) is 9.59 Å². The van der Waals surface area contributed by atoms with Crippen LogP contribution in [-0.4, -0.2) is 122 Å². The summed E-state index contributed by atoms with van der Waals surface area (Å²) >= 11 is 0. The van der Waals surface area contributed by atoms with E-state index in [1.807, 2.05) is 7.05 Å². The van der Waals surface area contributed by atoms with Crippen LogP contribution < -0.4 is 19.5 Å². The Labute approximate surface area is 487 Å². The van der Waals surface area contributed by atoms with Gasteiger partial charge in [-0.1, -0.05) is 15.5 Å². The number of non-ortho nitro benzene ring substituents is 3. The molecule has 1 aliphatic heterocycles. The Kier molecular flexibility index (Phi) is 18.7. The van der Waals surface area contributed by atoms with Crippen LogP contribution in [0.5, 0.6) is 69.0 Å². The largest absolute Gasteiger partial charge is 0.508 e. The van der Waals surface area contributed by atoms with Gasteiger partial charge in [0.15, 0.2) is 0 Å². The molecule has 9 aromatic rings. The highest BCUT2D eigenvalue weighted by molar-refractivity contribution is 5.93. The number of carbonyl (C=O) groups excluding carboxylic acids is 2. The summed E-state index contributed by atoms with van der Waals surface area (Å²) in [5.41, 5.74) is -0.0905. The van der Waals surface area contributed by atoms with Crippen molar-refractivity contribution in [2.75, 3.05) is 26.7 Å². The Morgan fingerprint density at radius 2 is 0.874 bits per heavy atom. The molecular formula is C56H46N8O23. The Morgan fingerprint density at radius 1 is 0.540 bits per heavy atom. The predicted molar refractivity (Wildman–Crippen MR) is 296 cm³/mol. The lowest BCUT2D eigenvalue weighted by Crippen LogP contribution is -2.43. The first-order chi connectivity index (χ1) is 41.5. The van der Waals surface area contributed by atoms with Crippen LogP contribution in [0.1, 0.15) is 51.4 Å². The Bertz CT molecular complexity index is 4010. The van der Waals surface area contributed by atoms with Crippen molar-refractivity contribution in [1.82, 2.24) is 25.7 Å². The van der Waals surface area contributed by atoms with Gasteiger partial charge in [-0.2, -0.15) is 0 Å². The van der Waals surface area contributed by atoms with E-state index in [4.69, 9.17) is 33.1 Å². The number of ether oxygens (including phenoxy) is 4. The number of benzene rings is 6. The first-order valence-corrected chi connectivity index (χ1v) is 25.3. The maximum Gasteiger partial charge on any atom is 0.377 e. The molecule has 0 saturated carbocycles. The van der Waals surface area contributed by atoms with Gasteiger partial charge in [0.25, 0.3) is 23.0 Å². The fraction of sp³-hybridized carbons (Fsp3) is 0.143. The summed E-state index contributed by atoms with van der Waals surface area (Å²) in [6.07, 6.45) is 1.66. The van der Waals surface area contributed by atoms with Crippen LogP contribution >= 0.6 is 0 Å². The molecule has 1 amide bonds. The molecule has 0 spiro atoms. The molecule has 6 aromatic carbocycles. The number of piperidine rings is 1. The molecule has 0 radical (unpaired) electrons. The molecule has 1 saturated heterocycles. The topological polar surface area (TPSA) is 453 Å². The van der Waals surface area contributed by atoms with Gasteiger partial charge in [0.05, 0.1) is 38.1 Å². The fourth-order valence-corrected chi connectivity index (χ4v) is 8.16. The number of hydrogen-bond acceptors (Lipinski definition) is 26. The number of phenols is 6. The van der Waals surface area contributed by atoms with Gasteiger partial charge in [0, 0.05) is 97.0 Å². The van der Waals surface area contributed by atoms with Gasteiger partial charge in [0.1, 0.15) is 86.1 Å². The minimum absolute atomic E-state index is 0.00457. The number of aromatic nitrogens is 3. The zero-order chi connectivity index (χ0) is 62.6. The van der Waals surface area contributed by atoms with Crippen LogP contribution in [0, 0.1) is 30.3 Å². The number of esters is 1. The average molecular weight is 1200 g/mol. The Morgan fingerprint density at radius 3 is 1.21 bits per heavy atom. The van der Waals surface area contributed by atoms with Crippen molar-refractivity contribution in [3.05, 3.63) is 175 Å². The number of aromatic hydroxyl groups is 6. The summed E-state index contributed by atoms with van der Waals surface area (Å²) in [6.45, 7) is 3.56. The van der Waals surface area contributed by atoms with Gasteiger partial charge in [-0.3, -0.25) is 35.1 Å². The Hall–Kier alpha value is -12.3. The summed E-state index contributed by atoms with van der Waals surface area (Å²) in [5.74, 6) is -4.56. The van der Waals surface area contributed by atoms with Crippen LogP contribution in [0.25, 0.3) is 33.8 Å². The molecule has 10 rings (SSSR count). The third-order valence-corrected chi connectivity index (χ3v) is 12.3. The maximum absolute atomic E-state index is 12.6. The van der Waals surface area contributed by atoms with Crippen molar-refractivity contribution in [1.29, 1.82) is 0 Å². The lowest BCUT2D eigenvalue weighted by molar-refractivity contribution is -0.385. The van der Waals surface area contributed by atoms with E-state index in [0.29, 0.717) is 0 Å². The second kappa shape index (κ2) is 26.8. The minimum atomic E-state index is -1.35. The molecule has 31 heteroatoms. The molecule has 3 aromatic heterocycles. The van der Waals surface area contributed by atoms with Crippen LogP contribution in [0.2, 0.25) is 0 Å². The number of nitrogens with zero attached hydrogens (tertiary/aromatic N) is 7. The van der Waals surface area contributed by atoms with Gasteiger partial charge < -0.3 is 78.5 Å². The van der Waals surface area contributed by atoms with E-state index in [-0.39, 0.29) is 138 Å². The highest BCUT2D eigenvalue weighted by Gasteiger charge is 2.27. The number of nitrogens with one attached hydrogen (secondary N) is 1. The summed E-state index contributed by atoms with van der Waals surface area (Å²) in [5, 5.41) is 115. The number of nitro benzene ring substituents is 3. The van der Waals surface area contributed by atoms with Gasteiger partial charge in [-0.15, -0.1) is 0 Å². The van der Waals surface area contributed by atoms with Crippen molar-refractivity contribution < 1.29 is 97.4 Å². The number of nitro groups is 3. The maximum atomic E-state index is 12.6. The number of carboxylic acid groups (broad SMARTS) is 1. The number of rotatable bonds is 17. The molecule has 0 unspecified atom stereocenters.